The lowest BCUT2D eigenvalue weighted by molar-refractivity contribution is -0.161. The van der Waals surface area contributed by atoms with E-state index < -0.39 is 97.5 Å². The average Bonchev–Trinajstić information content (AvgIpc) is 1.75. The molecule has 0 aliphatic carbocycles. The minimum Gasteiger partial charge on any atom is -0.462 e. The van der Waals surface area contributed by atoms with Gasteiger partial charge in [-0.1, -0.05) is 325 Å². The van der Waals surface area contributed by atoms with Crippen molar-refractivity contribution in [2.24, 2.45) is 23.7 Å². The van der Waals surface area contributed by atoms with E-state index in [0.717, 1.165) is 114 Å². The Morgan fingerprint density at radius 1 is 0.298 bits per heavy atom. The van der Waals surface area contributed by atoms with Crippen LogP contribution >= 0.6 is 15.6 Å². The van der Waals surface area contributed by atoms with Crippen molar-refractivity contribution in [2.75, 3.05) is 39.6 Å². The lowest BCUT2D eigenvalue weighted by atomic mass is 9.99. The maximum Gasteiger partial charge on any atom is 0.472 e. The zero-order valence-corrected chi connectivity index (χ0v) is 63.4. The van der Waals surface area contributed by atoms with E-state index in [1.165, 1.54) is 173 Å². The third kappa shape index (κ3) is 67.3. The molecular weight excluding hydrogens is 1230 g/mol. The molecule has 0 amide bonds. The molecule has 94 heavy (non-hydrogen) atoms. The Hall–Kier alpha value is -1.94. The summed E-state index contributed by atoms with van der Waals surface area (Å²) in [7, 11) is -9.91. The van der Waals surface area contributed by atoms with Gasteiger partial charge in [0, 0.05) is 25.7 Å². The molecule has 0 aromatic heterocycles. The Morgan fingerprint density at radius 3 is 0.755 bits per heavy atom. The number of rotatable bonds is 72. The van der Waals surface area contributed by atoms with Crippen molar-refractivity contribution in [2.45, 2.75) is 395 Å². The van der Waals surface area contributed by atoms with E-state index in [1.807, 2.05) is 0 Å². The molecule has 0 aliphatic rings. The standard InChI is InChI=1S/C75H146O17P2/c1-9-68(8)54-46-38-30-24-25-31-39-47-55-72(77)85-61-70(91-74(79)57-49-41-32-22-18-13-11-10-12-16-20-27-35-43-51-65(2)3)63-89-93(81,82)87-59-69(76)60-88-94(83,84)90-64-71(62-86-73(78)56-48-40-34-26-29-37-45-53-67(6)7)92-75(80)58-50-42-33-23-19-15-14-17-21-28-36-44-52-66(4)5/h65-71,76H,9-64H2,1-8H3,(H,81,82)(H,83,84)/t68?,69?,70-,71-/m1/s1. The fourth-order valence-corrected chi connectivity index (χ4v) is 12.9. The lowest BCUT2D eigenvalue weighted by Gasteiger charge is -2.21. The molecule has 4 unspecified atom stereocenters. The predicted octanol–water partition coefficient (Wildman–Crippen LogP) is 21.7. The minimum absolute atomic E-state index is 0.106. The summed E-state index contributed by atoms with van der Waals surface area (Å²) in [6.45, 7) is 14.2. The van der Waals surface area contributed by atoms with E-state index in [1.54, 1.807) is 0 Å². The summed E-state index contributed by atoms with van der Waals surface area (Å²) in [6, 6.07) is 0. The summed E-state index contributed by atoms with van der Waals surface area (Å²) in [4.78, 5) is 72.8. The molecule has 558 valence electrons. The van der Waals surface area contributed by atoms with Gasteiger partial charge in [0.25, 0.3) is 0 Å². The van der Waals surface area contributed by atoms with Crippen molar-refractivity contribution in [1.82, 2.24) is 0 Å². The maximum atomic E-state index is 13.1. The average molecular weight is 1380 g/mol. The molecule has 0 bridgehead atoms. The Bertz CT molecular complexity index is 1850. The van der Waals surface area contributed by atoms with Crippen molar-refractivity contribution >= 4 is 39.5 Å². The van der Waals surface area contributed by atoms with Gasteiger partial charge in [-0.2, -0.15) is 0 Å². The summed E-state index contributed by atoms with van der Waals surface area (Å²) in [5.41, 5.74) is 0. The molecular formula is C75H146O17P2. The van der Waals surface area contributed by atoms with E-state index in [9.17, 15) is 43.2 Å². The van der Waals surface area contributed by atoms with Crippen molar-refractivity contribution in [3.63, 3.8) is 0 Å². The molecule has 0 fully saturated rings. The molecule has 19 heteroatoms. The van der Waals surface area contributed by atoms with Gasteiger partial charge in [0.1, 0.15) is 19.3 Å². The van der Waals surface area contributed by atoms with Crippen LogP contribution in [0.3, 0.4) is 0 Å². The van der Waals surface area contributed by atoms with Crippen LogP contribution in [0, 0.1) is 23.7 Å². The molecule has 0 spiro atoms. The second-order valence-electron chi connectivity index (χ2n) is 28.7. The Labute approximate surface area is 575 Å². The van der Waals surface area contributed by atoms with Gasteiger partial charge in [0.15, 0.2) is 12.2 Å². The fraction of sp³-hybridized carbons (Fsp3) is 0.947. The molecule has 0 saturated carbocycles. The number of hydrogen-bond donors (Lipinski definition) is 3. The first-order chi connectivity index (χ1) is 45.1. The topological polar surface area (TPSA) is 237 Å². The van der Waals surface area contributed by atoms with Crippen LogP contribution in [0.15, 0.2) is 0 Å². The molecule has 0 aromatic rings. The number of esters is 4. The summed E-state index contributed by atoms with van der Waals surface area (Å²) >= 11 is 0. The minimum atomic E-state index is -4.96. The number of carbonyl (C=O) groups is 4. The quantitative estimate of drug-likeness (QED) is 0.0222. The number of phosphoric acid groups is 2. The maximum absolute atomic E-state index is 13.1. The first-order valence-electron chi connectivity index (χ1n) is 38.7. The lowest BCUT2D eigenvalue weighted by Crippen LogP contribution is -2.30. The number of aliphatic hydroxyl groups excluding tert-OH is 1. The summed E-state index contributed by atoms with van der Waals surface area (Å²) < 4.78 is 68.5. The molecule has 17 nitrogen and oxygen atoms in total. The monoisotopic (exact) mass is 1380 g/mol. The highest BCUT2D eigenvalue weighted by Crippen LogP contribution is 2.45. The highest BCUT2D eigenvalue weighted by Gasteiger charge is 2.30. The van der Waals surface area contributed by atoms with Crippen LogP contribution < -0.4 is 0 Å². The first kappa shape index (κ1) is 92.1. The van der Waals surface area contributed by atoms with Gasteiger partial charge in [-0.05, 0) is 49.4 Å². The van der Waals surface area contributed by atoms with E-state index in [-0.39, 0.29) is 25.7 Å². The normalized spacial score (nSPS) is 14.4. The Kier molecular flexibility index (Phi) is 63.1. The summed E-state index contributed by atoms with van der Waals surface area (Å²) in [5.74, 6) is 0.932. The predicted molar refractivity (Wildman–Crippen MR) is 381 cm³/mol. The Morgan fingerprint density at radius 2 is 0.511 bits per heavy atom. The molecule has 0 heterocycles. The van der Waals surface area contributed by atoms with E-state index in [0.29, 0.717) is 31.6 Å². The van der Waals surface area contributed by atoms with Gasteiger partial charge in [-0.25, -0.2) is 9.13 Å². The highest BCUT2D eigenvalue weighted by molar-refractivity contribution is 7.47. The van der Waals surface area contributed by atoms with Crippen LogP contribution in [-0.4, -0.2) is 96.7 Å². The van der Waals surface area contributed by atoms with Crippen molar-refractivity contribution in [3.05, 3.63) is 0 Å². The Balaban J connectivity index is 5.25. The third-order valence-corrected chi connectivity index (χ3v) is 19.6. The molecule has 0 aliphatic heterocycles. The van der Waals surface area contributed by atoms with Crippen LogP contribution in [0.25, 0.3) is 0 Å². The highest BCUT2D eigenvalue weighted by atomic mass is 31.2. The number of unbranched alkanes of at least 4 members (excludes halogenated alkanes) is 37. The van der Waals surface area contributed by atoms with E-state index in [2.05, 4.69) is 55.4 Å². The second-order valence-corrected chi connectivity index (χ2v) is 31.6. The smallest absolute Gasteiger partial charge is 0.462 e. The summed E-state index contributed by atoms with van der Waals surface area (Å²) in [5, 5.41) is 10.6. The number of hydrogen-bond acceptors (Lipinski definition) is 15. The van der Waals surface area contributed by atoms with Gasteiger partial charge in [0.05, 0.1) is 26.4 Å². The molecule has 0 radical (unpaired) electrons. The largest absolute Gasteiger partial charge is 0.472 e. The third-order valence-electron chi connectivity index (χ3n) is 17.7. The molecule has 3 N–H and O–H groups in total. The number of phosphoric ester groups is 2. The number of aliphatic hydroxyl groups is 1. The van der Waals surface area contributed by atoms with E-state index >= 15 is 0 Å². The van der Waals surface area contributed by atoms with Crippen molar-refractivity contribution in [1.29, 1.82) is 0 Å². The number of carbonyl (C=O) groups excluding carboxylic acids is 4. The molecule has 0 aromatic carbocycles. The van der Waals surface area contributed by atoms with Gasteiger partial charge in [-0.3, -0.25) is 37.3 Å². The molecule has 0 saturated heterocycles. The van der Waals surface area contributed by atoms with Crippen LogP contribution in [0.2, 0.25) is 0 Å². The van der Waals surface area contributed by atoms with Crippen LogP contribution in [0.1, 0.15) is 376 Å². The zero-order valence-electron chi connectivity index (χ0n) is 61.6. The van der Waals surface area contributed by atoms with Crippen molar-refractivity contribution in [3.8, 4) is 0 Å². The SMILES string of the molecule is CCC(C)CCCCCCCCCCC(=O)OC[C@H](COP(=O)(O)OCC(O)COP(=O)(O)OC[C@@H](COC(=O)CCCCCCCCCC(C)C)OC(=O)CCCCCCCCCCCCCCC(C)C)OC(=O)CCCCCCCCCCCCCCCCC(C)C. The van der Waals surface area contributed by atoms with Gasteiger partial charge in [0.2, 0.25) is 0 Å². The number of ether oxygens (including phenoxy) is 4. The summed E-state index contributed by atoms with van der Waals surface area (Å²) in [6.07, 6.45) is 48.6. The van der Waals surface area contributed by atoms with Gasteiger partial charge >= 0.3 is 39.5 Å². The second kappa shape index (κ2) is 64.4. The molecule has 0 rings (SSSR count). The van der Waals surface area contributed by atoms with Crippen LogP contribution in [0.4, 0.5) is 0 Å². The van der Waals surface area contributed by atoms with Gasteiger partial charge < -0.3 is 33.8 Å². The van der Waals surface area contributed by atoms with E-state index in [4.69, 9.17) is 37.0 Å². The zero-order chi connectivity index (χ0) is 69.6. The molecule has 6 atom stereocenters. The van der Waals surface area contributed by atoms with Crippen LogP contribution in [0.5, 0.6) is 0 Å². The van der Waals surface area contributed by atoms with Crippen LogP contribution in [-0.2, 0) is 65.4 Å². The van der Waals surface area contributed by atoms with Gasteiger partial charge in [-0.15, -0.1) is 0 Å². The first-order valence-corrected chi connectivity index (χ1v) is 41.7. The fourth-order valence-electron chi connectivity index (χ4n) is 11.3. The van der Waals surface area contributed by atoms with Crippen molar-refractivity contribution < 1.29 is 80.2 Å².